The first-order chi connectivity index (χ1) is 15.1. The summed E-state index contributed by atoms with van der Waals surface area (Å²) in [5, 5.41) is 2.99. The Hall–Kier alpha value is -2.69. The summed E-state index contributed by atoms with van der Waals surface area (Å²) in [7, 11) is 0. The van der Waals surface area contributed by atoms with Gasteiger partial charge in [-0.25, -0.2) is 9.97 Å². The number of aromatic nitrogens is 4. The summed E-state index contributed by atoms with van der Waals surface area (Å²) in [5.41, 5.74) is 1.87. The normalized spacial score (nSPS) is 11.7. The topological polar surface area (TPSA) is 52.2 Å². The Balaban J connectivity index is 1.55. The van der Waals surface area contributed by atoms with Gasteiger partial charge in [-0.3, -0.25) is 13.8 Å². The van der Waals surface area contributed by atoms with E-state index in [1.54, 1.807) is 53.8 Å². The minimum atomic E-state index is -2.49. The van der Waals surface area contributed by atoms with Crippen molar-refractivity contribution in [2.45, 2.75) is 21.6 Å². The largest absolute Gasteiger partial charge is 0.297 e. The fourth-order valence-electron chi connectivity index (χ4n) is 3.20. The Morgan fingerprint density at radius 2 is 1.87 bits per heavy atom. The number of halogens is 2. The molecule has 0 N–H and O–H groups in total. The molecule has 2 aromatic carbocycles. The monoisotopic (exact) mass is 472 g/mol. The fraction of sp³-hybridized carbons (Fsp3) is 0.0952. The Morgan fingerprint density at radius 3 is 2.65 bits per heavy atom. The summed E-state index contributed by atoms with van der Waals surface area (Å²) < 4.78 is 28.8. The van der Waals surface area contributed by atoms with Gasteiger partial charge in [-0.2, -0.15) is 8.78 Å². The maximum Gasteiger partial charge on any atom is 0.288 e. The number of para-hydroxylation sites is 1. The third-order valence-corrected chi connectivity index (χ3v) is 7.02. The molecular weight excluding hydrogens is 458 g/mol. The zero-order valence-electron chi connectivity index (χ0n) is 15.8. The van der Waals surface area contributed by atoms with Crippen molar-refractivity contribution in [1.29, 1.82) is 0 Å². The maximum atomic E-state index is 13.3. The van der Waals surface area contributed by atoms with Crippen molar-refractivity contribution >= 4 is 50.7 Å². The summed E-state index contributed by atoms with van der Waals surface area (Å²) in [5.74, 6) is -1.95. The second-order valence-electron chi connectivity index (χ2n) is 6.54. The smallest absolute Gasteiger partial charge is 0.288 e. The van der Waals surface area contributed by atoms with Gasteiger partial charge in [-0.15, -0.1) is 11.3 Å². The van der Waals surface area contributed by atoms with E-state index in [1.165, 1.54) is 16.3 Å². The van der Waals surface area contributed by atoms with Crippen LogP contribution in [-0.4, -0.2) is 24.7 Å². The molecule has 3 aromatic heterocycles. The van der Waals surface area contributed by atoms with Crippen LogP contribution in [0.1, 0.15) is 5.69 Å². The van der Waals surface area contributed by atoms with Gasteiger partial charge in [0.05, 0.1) is 22.3 Å². The molecule has 0 radical (unpaired) electrons. The molecule has 0 aliphatic carbocycles. The van der Waals surface area contributed by atoms with Crippen LogP contribution in [0.2, 0.25) is 0 Å². The van der Waals surface area contributed by atoms with E-state index in [0.29, 0.717) is 44.2 Å². The molecular formula is C21H14F2N4OS3. The lowest BCUT2D eigenvalue weighted by Gasteiger charge is -2.13. The first-order valence-electron chi connectivity index (χ1n) is 9.19. The standard InChI is InChI=1S/C21H14F2N4OS3/c22-19(23)31-15-7-5-14(6-8-15)27-18(28)16-3-1-2-4-17(16)25-21(27)30-12-13-11-26-9-10-29-20(26)24-13/h1-11,19H,12H2. The molecule has 0 amide bonds. The van der Waals surface area contributed by atoms with Crippen LogP contribution in [0.15, 0.2) is 81.2 Å². The summed E-state index contributed by atoms with van der Waals surface area (Å²) >= 11 is 3.44. The number of fused-ring (bicyclic) bond motifs is 2. The molecule has 3 heterocycles. The highest BCUT2D eigenvalue weighted by Crippen LogP contribution is 2.28. The molecule has 5 nitrogen and oxygen atoms in total. The van der Waals surface area contributed by atoms with E-state index < -0.39 is 5.76 Å². The highest BCUT2D eigenvalue weighted by molar-refractivity contribution is 7.99. The lowest BCUT2D eigenvalue weighted by atomic mass is 10.2. The molecule has 0 unspecified atom stereocenters. The number of rotatable bonds is 6. The van der Waals surface area contributed by atoms with E-state index in [9.17, 15) is 13.6 Å². The van der Waals surface area contributed by atoms with Gasteiger partial charge < -0.3 is 0 Å². The van der Waals surface area contributed by atoms with Crippen LogP contribution in [0.3, 0.4) is 0 Å². The van der Waals surface area contributed by atoms with Crippen LogP contribution >= 0.6 is 34.9 Å². The lowest BCUT2D eigenvalue weighted by molar-refractivity contribution is 0.252. The number of thiazole rings is 1. The van der Waals surface area contributed by atoms with Crippen LogP contribution < -0.4 is 5.56 Å². The van der Waals surface area contributed by atoms with Gasteiger partial charge in [0.2, 0.25) is 0 Å². The zero-order valence-corrected chi connectivity index (χ0v) is 18.3. The van der Waals surface area contributed by atoms with E-state index in [4.69, 9.17) is 4.98 Å². The highest BCUT2D eigenvalue weighted by Gasteiger charge is 2.15. The van der Waals surface area contributed by atoms with E-state index in [1.807, 2.05) is 28.2 Å². The summed E-state index contributed by atoms with van der Waals surface area (Å²) in [6.07, 6.45) is 3.91. The molecule has 0 aliphatic heterocycles. The maximum absolute atomic E-state index is 13.3. The number of thioether (sulfide) groups is 2. The minimum Gasteiger partial charge on any atom is -0.297 e. The SMILES string of the molecule is O=c1c2ccccc2nc(SCc2cn3ccsc3n2)n1-c1ccc(SC(F)F)cc1. The first kappa shape index (κ1) is 20.2. The van der Waals surface area contributed by atoms with E-state index in [-0.39, 0.29) is 5.56 Å². The average Bonchev–Trinajstić information content (AvgIpc) is 3.35. The highest BCUT2D eigenvalue weighted by atomic mass is 32.2. The number of benzene rings is 2. The van der Waals surface area contributed by atoms with Gasteiger partial charge in [0.15, 0.2) is 10.1 Å². The van der Waals surface area contributed by atoms with Crippen molar-refractivity contribution in [2.24, 2.45) is 0 Å². The summed E-state index contributed by atoms with van der Waals surface area (Å²) in [6, 6.07) is 13.7. The van der Waals surface area contributed by atoms with Crippen molar-refractivity contribution in [3.05, 3.63) is 82.4 Å². The van der Waals surface area contributed by atoms with Gasteiger partial charge in [-0.05, 0) is 36.4 Å². The van der Waals surface area contributed by atoms with Crippen molar-refractivity contribution in [2.75, 3.05) is 0 Å². The van der Waals surface area contributed by atoms with Crippen molar-refractivity contribution < 1.29 is 8.78 Å². The Bertz CT molecular complexity index is 1400. The predicted molar refractivity (Wildman–Crippen MR) is 122 cm³/mol. The van der Waals surface area contributed by atoms with E-state index in [0.717, 1.165) is 10.7 Å². The molecule has 10 heteroatoms. The number of hydrogen-bond acceptors (Lipinski definition) is 6. The second kappa shape index (κ2) is 8.45. The molecule has 156 valence electrons. The van der Waals surface area contributed by atoms with Crippen LogP contribution in [0.4, 0.5) is 8.78 Å². The Kier molecular flexibility index (Phi) is 5.51. The molecule has 0 fully saturated rings. The molecule has 0 spiro atoms. The fourth-order valence-corrected chi connectivity index (χ4v) is 5.31. The van der Waals surface area contributed by atoms with Gasteiger partial charge in [0.1, 0.15) is 0 Å². The van der Waals surface area contributed by atoms with Gasteiger partial charge in [0.25, 0.3) is 11.3 Å². The second-order valence-corrected chi connectivity index (χ2v) is 9.42. The lowest BCUT2D eigenvalue weighted by Crippen LogP contribution is -2.21. The molecule has 0 saturated heterocycles. The molecule has 0 saturated carbocycles. The predicted octanol–water partition coefficient (Wildman–Crippen LogP) is 5.70. The van der Waals surface area contributed by atoms with E-state index in [2.05, 4.69) is 4.98 Å². The van der Waals surface area contributed by atoms with Crippen LogP contribution in [-0.2, 0) is 5.75 Å². The first-order valence-corrected chi connectivity index (χ1v) is 11.9. The zero-order chi connectivity index (χ0) is 21.4. The number of hydrogen-bond donors (Lipinski definition) is 0. The minimum absolute atomic E-state index is 0.201. The van der Waals surface area contributed by atoms with Gasteiger partial charge in [-0.1, -0.05) is 35.7 Å². The third kappa shape index (κ3) is 4.10. The molecule has 5 rings (SSSR count). The molecule has 5 aromatic rings. The number of alkyl halides is 2. The molecule has 0 atom stereocenters. The van der Waals surface area contributed by atoms with Crippen LogP contribution in [0, 0.1) is 0 Å². The average molecular weight is 473 g/mol. The van der Waals surface area contributed by atoms with Crippen molar-refractivity contribution in [3.63, 3.8) is 0 Å². The van der Waals surface area contributed by atoms with Gasteiger partial charge >= 0.3 is 0 Å². The summed E-state index contributed by atoms with van der Waals surface area (Å²) in [6.45, 7) is 0. The quantitative estimate of drug-likeness (QED) is 0.234. The molecule has 31 heavy (non-hydrogen) atoms. The van der Waals surface area contributed by atoms with Crippen molar-refractivity contribution in [3.8, 4) is 5.69 Å². The van der Waals surface area contributed by atoms with E-state index >= 15 is 0 Å². The van der Waals surface area contributed by atoms with Crippen LogP contribution in [0.5, 0.6) is 0 Å². The Labute approximate surface area is 187 Å². The summed E-state index contributed by atoms with van der Waals surface area (Å²) in [4.78, 5) is 23.9. The van der Waals surface area contributed by atoms with Gasteiger partial charge in [0, 0.05) is 28.4 Å². The molecule has 0 aliphatic rings. The number of nitrogens with zero attached hydrogens (tertiary/aromatic N) is 4. The Morgan fingerprint density at radius 1 is 1.06 bits per heavy atom. The molecule has 0 bridgehead atoms. The third-order valence-electron chi connectivity index (χ3n) is 4.56. The van der Waals surface area contributed by atoms with Crippen LogP contribution in [0.25, 0.3) is 21.6 Å². The van der Waals surface area contributed by atoms with Crippen molar-refractivity contribution in [1.82, 2.24) is 18.9 Å². The number of imidazole rings is 1.